The summed E-state index contributed by atoms with van der Waals surface area (Å²) in [6.07, 6.45) is 3.76. The number of nitrogens with one attached hydrogen (secondary N) is 1. The van der Waals surface area contributed by atoms with Crippen LogP contribution in [0.3, 0.4) is 0 Å². The Hall–Kier alpha value is -2.63. The fourth-order valence-electron chi connectivity index (χ4n) is 3.81. The van der Waals surface area contributed by atoms with Crippen LogP contribution in [0.5, 0.6) is 0 Å². The van der Waals surface area contributed by atoms with E-state index in [9.17, 15) is 4.79 Å². The maximum Gasteiger partial charge on any atom is 0.253 e. The molecule has 1 saturated heterocycles. The molecule has 4 rings (SSSR count). The lowest BCUT2D eigenvalue weighted by Crippen LogP contribution is -2.39. The van der Waals surface area contributed by atoms with Gasteiger partial charge in [-0.05, 0) is 50.5 Å². The van der Waals surface area contributed by atoms with E-state index < -0.39 is 0 Å². The van der Waals surface area contributed by atoms with E-state index in [4.69, 9.17) is 0 Å². The van der Waals surface area contributed by atoms with E-state index in [0.717, 1.165) is 47.4 Å². The first-order valence-electron chi connectivity index (χ1n) is 8.76. The molecule has 1 aliphatic heterocycles. The minimum atomic E-state index is 0.104. The maximum atomic E-state index is 13.0. The van der Waals surface area contributed by atoms with Crippen LogP contribution in [0.25, 0.3) is 10.9 Å². The van der Waals surface area contributed by atoms with E-state index in [1.165, 1.54) is 5.56 Å². The number of H-pyrrole nitrogens is 1. The van der Waals surface area contributed by atoms with Crippen molar-refractivity contribution in [2.24, 2.45) is 7.05 Å². The molecule has 6 heteroatoms. The fraction of sp³-hybridized carbons (Fsp3) is 0.421. The van der Waals surface area contributed by atoms with E-state index in [1.54, 1.807) is 6.33 Å². The number of nitrogens with zero attached hydrogens (tertiary/aromatic N) is 4. The Morgan fingerprint density at radius 3 is 2.92 bits per heavy atom. The first kappa shape index (κ1) is 15.9. The van der Waals surface area contributed by atoms with Gasteiger partial charge in [0.25, 0.3) is 5.91 Å². The number of aryl methyl sites for hydroxylation is 3. The Labute approximate surface area is 146 Å². The van der Waals surface area contributed by atoms with Crippen molar-refractivity contribution < 1.29 is 4.79 Å². The molecule has 3 heterocycles. The number of aromatic nitrogens is 4. The monoisotopic (exact) mass is 337 g/mol. The van der Waals surface area contributed by atoms with Gasteiger partial charge in [-0.25, -0.2) is 0 Å². The first-order chi connectivity index (χ1) is 12.0. The molecule has 130 valence electrons. The number of benzene rings is 1. The van der Waals surface area contributed by atoms with Crippen molar-refractivity contribution >= 4 is 16.8 Å². The van der Waals surface area contributed by atoms with E-state index in [-0.39, 0.29) is 11.8 Å². The number of fused-ring (bicyclic) bond motifs is 1. The predicted molar refractivity (Wildman–Crippen MR) is 96.7 cm³/mol. The SMILES string of the molecule is Cc1[nH]c2ccc(C(=O)N3CCC[C@H](c4nncn4C)C3)cc2c1C. The maximum absolute atomic E-state index is 13.0. The highest BCUT2D eigenvalue weighted by Gasteiger charge is 2.28. The van der Waals surface area contributed by atoms with E-state index >= 15 is 0 Å². The third-order valence-electron chi connectivity index (χ3n) is 5.38. The smallest absolute Gasteiger partial charge is 0.253 e. The zero-order valence-corrected chi connectivity index (χ0v) is 14.9. The molecule has 2 aromatic heterocycles. The van der Waals surface area contributed by atoms with Crippen molar-refractivity contribution in [3.63, 3.8) is 0 Å². The summed E-state index contributed by atoms with van der Waals surface area (Å²) in [5.41, 5.74) is 4.20. The van der Waals surface area contributed by atoms with Gasteiger partial charge >= 0.3 is 0 Å². The fourth-order valence-corrected chi connectivity index (χ4v) is 3.81. The lowest BCUT2D eigenvalue weighted by molar-refractivity contribution is 0.0703. The number of aromatic amines is 1. The Morgan fingerprint density at radius 1 is 1.32 bits per heavy atom. The molecular formula is C19H23N5O. The van der Waals surface area contributed by atoms with Crippen LogP contribution in [-0.4, -0.2) is 43.6 Å². The number of carbonyl (C=O) groups is 1. The van der Waals surface area contributed by atoms with Gasteiger partial charge in [-0.3, -0.25) is 4.79 Å². The van der Waals surface area contributed by atoms with Crippen LogP contribution in [0.4, 0.5) is 0 Å². The van der Waals surface area contributed by atoms with Crippen molar-refractivity contribution in [1.29, 1.82) is 0 Å². The van der Waals surface area contributed by atoms with E-state index in [1.807, 2.05) is 34.7 Å². The summed E-state index contributed by atoms with van der Waals surface area (Å²) < 4.78 is 1.95. The molecule has 1 atom stereocenters. The van der Waals surface area contributed by atoms with Crippen LogP contribution in [0.2, 0.25) is 0 Å². The molecule has 0 saturated carbocycles. The second-order valence-electron chi connectivity index (χ2n) is 7.03. The molecule has 0 aliphatic carbocycles. The highest BCUT2D eigenvalue weighted by molar-refractivity contribution is 5.99. The van der Waals surface area contributed by atoms with E-state index in [2.05, 4.69) is 29.0 Å². The van der Waals surface area contributed by atoms with Gasteiger partial charge in [-0.15, -0.1) is 10.2 Å². The van der Waals surface area contributed by atoms with Crippen LogP contribution in [0.15, 0.2) is 24.5 Å². The quantitative estimate of drug-likeness (QED) is 0.782. The molecule has 1 fully saturated rings. The minimum absolute atomic E-state index is 0.104. The second-order valence-corrected chi connectivity index (χ2v) is 7.03. The van der Waals surface area contributed by atoms with Gasteiger partial charge in [0.15, 0.2) is 0 Å². The molecule has 25 heavy (non-hydrogen) atoms. The first-order valence-corrected chi connectivity index (χ1v) is 8.76. The van der Waals surface area contributed by atoms with Gasteiger partial charge in [0.05, 0.1) is 0 Å². The number of hydrogen-bond acceptors (Lipinski definition) is 3. The summed E-state index contributed by atoms with van der Waals surface area (Å²) >= 11 is 0. The zero-order chi connectivity index (χ0) is 17.6. The molecule has 6 nitrogen and oxygen atoms in total. The van der Waals surface area contributed by atoms with Crippen molar-refractivity contribution in [3.8, 4) is 0 Å². The van der Waals surface area contributed by atoms with Crippen LogP contribution in [0, 0.1) is 13.8 Å². The number of likely N-dealkylation sites (tertiary alicyclic amines) is 1. The molecule has 0 spiro atoms. The van der Waals surface area contributed by atoms with Crippen molar-refractivity contribution in [2.45, 2.75) is 32.6 Å². The highest BCUT2D eigenvalue weighted by Crippen LogP contribution is 2.27. The van der Waals surface area contributed by atoms with Gasteiger partial charge in [0.1, 0.15) is 12.2 Å². The molecule has 1 amide bonds. The second kappa shape index (κ2) is 6.02. The summed E-state index contributed by atoms with van der Waals surface area (Å²) in [6, 6.07) is 5.95. The summed E-state index contributed by atoms with van der Waals surface area (Å²) in [7, 11) is 1.96. The zero-order valence-electron chi connectivity index (χ0n) is 14.9. The topological polar surface area (TPSA) is 66.8 Å². The molecule has 0 radical (unpaired) electrons. The number of piperidine rings is 1. The molecule has 1 N–H and O–H groups in total. The highest BCUT2D eigenvalue weighted by atomic mass is 16.2. The standard InChI is InChI=1S/C19H23N5O/c1-12-13(2)21-17-7-6-14(9-16(12)17)19(25)24-8-4-5-15(10-24)18-22-20-11-23(18)3/h6-7,9,11,15,21H,4-5,8,10H2,1-3H3/t15-/m0/s1. The van der Waals surface area contributed by atoms with Gasteiger partial charge in [0, 0.05) is 48.2 Å². The third-order valence-corrected chi connectivity index (χ3v) is 5.38. The molecule has 1 aromatic carbocycles. The van der Waals surface area contributed by atoms with Crippen LogP contribution in [0.1, 0.15) is 46.2 Å². The Kier molecular flexibility index (Phi) is 3.82. The van der Waals surface area contributed by atoms with Crippen molar-refractivity contribution in [3.05, 3.63) is 47.2 Å². The third kappa shape index (κ3) is 2.71. The molecule has 0 bridgehead atoms. The lowest BCUT2D eigenvalue weighted by Gasteiger charge is -2.32. The molecular weight excluding hydrogens is 314 g/mol. The number of amides is 1. The minimum Gasteiger partial charge on any atom is -0.358 e. The summed E-state index contributed by atoms with van der Waals surface area (Å²) in [4.78, 5) is 18.4. The average molecular weight is 337 g/mol. The number of hydrogen-bond donors (Lipinski definition) is 1. The Balaban J connectivity index is 1.60. The summed E-state index contributed by atoms with van der Waals surface area (Å²) in [5, 5.41) is 9.34. The lowest BCUT2D eigenvalue weighted by atomic mass is 9.96. The normalized spacial score (nSPS) is 18.0. The Bertz CT molecular complexity index is 939. The van der Waals surface area contributed by atoms with E-state index in [0.29, 0.717) is 6.54 Å². The Morgan fingerprint density at radius 2 is 2.16 bits per heavy atom. The van der Waals surface area contributed by atoms with Gasteiger partial charge in [0.2, 0.25) is 0 Å². The molecule has 1 aliphatic rings. The summed E-state index contributed by atoms with van der Waals surface area (Å²) in [5.74, 6) is 1.32. The van der Waals surface area contributed by atoms with Crippen molar-refractivity contribution in [2.75, 3.05) is 13.1 Å². The van der Waals surface area contributed by atoms with Crippen molar-refractivity contribution in [1.82, 2.24) is 24.6 Å². The van der Waals surface area contributed by atoms with Crippen LogP contribution in [-0.2, 0) is 7.05 Å². The predicted octanol–water partition coefficient (Wildman–Crippen LogP) is 2.93. The molecule has 3 aromatic rings. The largest absolute Gasteiger partial charge is 0.358 e. The van der Waals surface area contributed by atoms with Crippen LogP contribution < -0.4 is 0 Å². The van der Waals surface area contributed by atoms with Gasteiger partial charge in [-0.1, -0.05) is 0 Å². The van der Waals surface area contributed by atoms with Gasteiger partial charge in [-0.2, -0.15) is 0 Å². The summed E-state index contributed by atoms with van der Waals surface area (Å²) in [6.45, 7) is 5.66. The van der Waals surface area contributed by atoms with Crippen LogP contribution >= 0.6 is 0 Å². The van der Waals surface area contributed by atoms with Gasteiger partial charge < -0.3 is 14.5 Å². The average Bonchev–Trinajstić information content (AvgIpc) is 3.18. The number of carbonyl (C=O) groups excluding carboxylic acids is 1. The number of rotatable bonds is 2. The molecule has 0 unspecified atom stereocenters.